The van der Waals surface area contributed by atoms with Gasteiger partial charge in [0.25, 0.3) is 0 Å². The molecule has 6 nitrogen and oxygen atoms in total. The molecule has 0 aromatic rings. The van der Waals surface area contributed by atoms with E-state index >= 15 is 0 Å². The van der Waals surface area contributed by atoms with Gasteiger partial charge in [-0.2, -0.15) is 0 Å². The SMILES string of the molecule is CCCCCCC(C)P(=O)([O-])[O-].CCCCCCC(C)P(=O)([O-])[O-].[Mo+4]. The van der Waals surface area contributed by atoms with Crippen LogP contribution in [0.2, 0.25) is 0 Å². The Kier molecular flexibility index (Phi) is 21.0. The molecule has 0 aromatic heterocycles. The van der Waals surface area contributed by atoms with Gasteiger partial charge in [0.05, 0.1) is 0 Å². The molecule has 25 heavy (non-hydrogen) atoms. The van der Waals surface area contributed by atoms with Crippen LogP contribution >= 0.6 is 15.2 Å². The Morgan fingerprint density at radius 3 is 1.12 bits per heavy atom. The Morgan fingerprint density at radius 1 is 0.640 bits per heavy atom. The molecule has 2 unspecified atom stereocenters. The Hall–Kier alpha value is 0.988. The van der Waals surface area contributed by atoms with Crippen molar-refractivity contribution in [1.82, 2.24) is 0 Å². The van der Waals surface area contributed by atoms with Gasteiger partial charge in [-0.3, -0.25) is 0 Å². The van der Waals surface area contributed by atoms with Crippen LogP contribution < -0.4 is 19.6 Å². The van der Waals surface area contributed by atoms with Crippen LogP contribution in [-0.2, 0) is 30.2 Å². The molecule has 0 spiro atoms. The van der Waals surface area contributed by atoms with Crippen molar-refractivity contribution in [2.45, 2.75) is 103 Å². The molecule has 150 valence electrons. The molecule has 0 aliphatic carbocycles. The summed E-state index contributed by atoms with van der Waals surface area (Å²) in [6.07, 6.45) is 9.29. The number of hydrogen-bond donors (Lipinski definition) is 0. The maximum Gasteiger partial charge on any atom is 4.00 e. The van der Waals surface area contributed by atoms with E-state index in [1.165, 1.54) is 13.8 Å². The van der Waals surface area contributed by atoms with Crippen LogP contribution in [0.1, 0.15) is 91.9 Å². The second kappa shape index (κ2) is 17.1. The van der Waals surface area contributed by atoms with Crippen LogP contribution in [-0.4, -0.2) is 11.3 Å². The third-order valence-corrected chi connectivity index (χ3v) is 6.71. The summed E-state index contributed by atoms with van der Waals surface area (Å²) in [6.45, 7) is 7.17. The molecule has 0 aliphatic rings. The molecule has 0 fully saturated rings. The fraction of sp³-hybridized carbons (Fsp3) is 1.00. The molecular weight excluding hydrogens is 446 g/mol. The molecule has 0 radical (unpaired) electrons. The van der Waals surface area contributed by atoms with Crippen LogP contribution in [0.15, 0.2) is 0 Å². The Balaban J connectivity index is -0.000000372. The quantitative estimate of drug-likeness (QED) is 0.240. The van der Waals surface area contributed by atoms with Crippen molar-refractivity contribution in [3.63, 3.8) is 0 Å². The summed E-state index contributed by atoms with van der Waals surface area (Å²) in [5, 5.41) is 0. The molecule has 2 atom stereocenters. The summed E-state index contributed by atoms with van der Waals surface area (Å²) in [4.78, 5) is 41.9. The van der Waals surface area contributed by atoms with E-state index in [1.807, 2.05) is 0 Å². The van der Waals surface area contributed by atoms with E-state index in [0.29, 0.717) is 12.8 Å². The van der Waals surface area contributed by atoms with Crippen molar-refractivity contribution in [1.29, 1.82) is 0 Å². The molecule has 9 heteroatoms. The van der Waals surface area contributed by atoms with E-state index in [1.54, 1.807) is 0 Å². The molecule has 0 heterocycles. The van der Waals surface area contributed by atoms with Gasteiger partial charge in [0.2, 0.25) is 0 Å². The minimum absolute atomic E-state index is 0. The summed E-state index contributed by atoms with van der Waals surface area (Å²) >= 11 is 0. The molecule has 0 saturated heterocycles. The predicted octanol–water partition coefficient (Wildman–Crippen LogP) is 2.52. The van der Waals surface area contributed by atoms with E-state index in [-0.39, 0.29) is 21.1 Å². The second-order valence-electron chi connectivity index (χ2n) is 6.48. The minimum Gasteiger partial charge on any atom is -0.811 e. The van der Waals surface area contributed by atoms with Crippen LogP contribution in [0, 0.1) is 0 Å². The van der Waals surface area contributed by atoms with Gasteiger partial charge in [-0.05, 0) is 24.2 Å². The van der Waals surface area contributed by atoms with Crippen molar-refractivity contribution in [2.24, 2.45) is 0 Å². The van der Waals surface area contributed by atoms with Gasteiger partial charge in [0.15, 0.2) is 0 Å². The van der Waals surface area contributed by atoms with Gasteiger partial charge in [-0.25, -0.2) is 0 Å². The second-order valence-corrected chi connectivity index (χ2v) is 10.4. The number of rotatable bonds is 12. The van der Waals surface area contributed by atoms with E-state index in [4.69, 9.17) is 0 Å². The first-order valence-corrected chi connectivity index (χ1v) is 12.2. The topological polar surface area (TPSA) is 126 Å². The van der Waals surface area contributed by atoms with E-state index in [2.05, 4.69) is 13.8 Å². The van der Waals surface area contributed by atoms with Crippen LogP contribution in [0.5, 0.6) is 0 Å². The first kappa shape index (κ1) is 30.7. The normalized spacial score (nSPS) is 14.1. The minimum atomic E-state index is -4.31. The predicted molar refractivity (Wildman–Crippen MR) is 91.7 cm³/mol. The molecule has 0 bridgehead atoms. The zero-order valence-electron chi connectivity index (χ0n) is 16.0. The zero-order valence-corrected chi connectivity index (χ0v) is 19.8. The zero-order chi connectivity index (χ0) is 19.2. The Bertz CT molecular complexity index is 347. The summed E-state index contributed by atoms with van der Waals surface area (Å²) < 4.78 is 20.9. The van der Waals surface area contributed by atoms with Gasteiger partial charge in [-0.15, -0.1) is 0 Å². The van der Waals surface area contributed by atoms with Crippen LogP contribution in [0.4, 0.5) is 0 Å². The van der Waals surface area contributed by atoms with E-state index < -0.39 is 26.5 Å². The fourth-order valence-corrected chi connectivity index (χ4v) is 3.05. The largest absolute Gasteiger partial charge is 4.00 e. The van der Waals surface area contributed by atoms with Crippen LogP contribution in [0.3, 0.4) is 0 Å². The summed E-state index contributed by atoms with van der Waals surface area (Å²) in [6, 6.07) is 0. The monoisotopic (exact) mass is 482 g/mol. The molecule has 0 amide bonds. The molecule has 0 aromatic carbocycles. The van der Waals surface area contributed by atoms with Gasteiger partial charge in [-0.1, -0.05) is 94.3 Å². The first-order chi connectivity index (χ1) is 11.0. The van der Waals surface area contributed by atoms with E-state index in [0.717, 1.165) is 51.4 Å². The van der Waals surface area contributed by atoms with Crippen LogP contribution in [0.25, 0.3) is 0 Å². The third-order valence-electron chi connectivity index (χ3n) is 4.03. The average molecular weight is 480 g/mol. The summed E-state index contributed by atoms with van der Waals surface area (Å²) in [5.41, 5.74) is -1.37. The van der Waals surface area contributed by atoms with Gasteiger partial charge in [0, 0.05) is 0 Å². The maximum absolute atomic E-state index is 10.5. The van der Waals surface area contributed by atoms with Crippen molar-refractivity contribution < 1.29 is 49.8 Å². The molecule has 0 rings (SSSR count). The number of unbranched alkanes of at least 4 members (excludes halogenated alkanes) is 6. The molecule has 0 aliphatic heterocycles. The van der Waals surface area contributed by atoms with Gasteiger partial charge >= 0.3 is 21.1 Å². The fourth-order valence-electron chi connectivity index (χ4n) is 2.05. The average Bonchev–Trinajstić information content (AvgIpc) is 2.46. The molecular formula is C16H34MoO6P2. The maximum atomic E-state index is 10.5. The summed E-state index contributed by atoms with van der Waals surface area (Å²) in [7, 11) is -8.61. The third kappa shape index (κ3) is 21.1. The first-order valence-electron chi connectivity index (χ1n) is 9.00. The van der Waals surface area contributed by atoms with Crippen molar-refractivity contribution in [3.05, 3.63) is 0 Å². The standard InChI is InChI=1S/2C8H19O3P.Mo/c2*1-3-4-5-6-7-8(2)12(9,10)11;/h2*8H,3-7H2,1-2H3,(H2,9,10,11);/q;;+4/p-4. The summed E-state index contributed by atoms with van der Waals surface area (Å²) in [5.74, 6) is 0. The van der Waals surface area contributed by atoms with Crippen molar-refractivity contribution in [2.75, 3.05) is 0 Å². The van der Waals surface area contributed by atoms with Gasteiger partial charge < -0.3 is 28.7 Å². The smallest absolute Gasteiger partial charge is 0.811 e. The Morgan fingerprint density at radius 2 is 0.920 bits per heavy atom. The number of hydrogen-bond acceptors (Lipinski definition) is 6. The molecule has 0 N–H and O–H groups in total. The van der Waals surface area contributed by atoms with E-state index in [9.17, 15) is 28.7 Å². The Labute approximate surface area is 168 Å². The van der Waals surface area contributed by atoms with Crippen molar-refractivity contribution >= 4 is 15.2 Å². The van der Waals surface area contributed by atoms with Crippen molar-refractivity contribution in [3.8, 4) is 0 Å². The molecule has 0 saturated carbocycles. The van der Waals surface area contributed by atoms with Gasteiger partial charge in [0.1, 0.15) is 0 Å².